The maximum atomic E-state index is 13.6. The molecule has 6 nitrogen and oxygen atoms in total. The molecule has 0 aliphatic heterocycles. The SMILES string of the molecule is O=C(COc1ccccc1C(=O)NOCc1ccccc1)Nc1ccccc1F. The molecule has 0 radical (unpaired) electrons. The van der Waals surface area contributed by atoms with E-state index in [1.165, 1.54) is 18.2 Å². The Labute approximate surface area is 167 Å². The number of hydrogen-bond acceptors (Lipinski definition) is 4. The van der Waals surface area contributed by atoms with E-state index >= 15 is 0 Å². The fourth-order valence-corrected chi connectivity index (χ4v) is 2.49. The first kappa shape index (κ1) is 20.0. The van der Waals surface area contributed by atoms with E-state index in [1.54, 1.807) is 30.3 Å². The number of carbonyl (C=O) groups is 2. The zero-order valence-corrected chi connectivity index (χ0v) is 15.4. The minimum Gasteiger partial charge on any atom is -0.483 e. The largest absolute Gasteiger partial charge is 0.483 e. The average Bonchev–Trinajstić information content (AvgIpc) is 2.75. The molecule has 0 heterocycles. The highest BCUT2D eigenvalue weighted by Gasteiger charge is 2.14. The van der Waals surface area contributed by atoms with Crippen molar-refractivity contribution < 1.29 is 23.6 Å². The van der Waals surface area contributed by atoms with Crippen LogP contribution in [0.2, 0.25) is 0 Å². The van der Waals surface area contributed by atoms with Gasteiger partial charge in [0.05, 0.1) is 17.9 Å². The van der Waals surface area contributed by atoms with Crippen molar-refractivity contribution >= 4 is 17.5 Å². The van der Waals surface area contributed by atoms with Gasteiger partial charge in [0.1, 0.15) is 11.6 Å². The van der Waals surface area contributed by atoms with Gasteiger partial charge in [-0.1, -0.05) is 54.6 Å². The smallest absolute Gasteiger partial charge is 0.278 e. The molecule has 0 atom stereocenters. The van der Waals surface area contributed by atoms with Crippen LogP contribution in [0.25, 0.3) is 0 Å². The predicted molar refractivity (Wildman–Crippen MR) is 106 cm³/mol. The Morgan fingerprint density at radius 3 is 2.34 bits per heavy atom. The number of ether oxygens (including phenoxy) is 1. The highest BCUT2D eigenvalue weighted by atomic mass is 19.1. The standard InChI is InChI=1S/C22H19FN2O4/c23-18-11-5-6-12-19(18)24-21(26)15-28-20-13-7-4-10-17(20)22(27)25-29-14-16-8-2-1-3-9-16/h1-13H,14-15H2,(H,24,26)(H,25,27). The first-order chi connectivity index (χ1) is 14.1. The summed E-state index contributed by atoms with van der Waals surface area (Å²) in [5.41, 5.74) is 3.52. The quantitative estimate of drug-likeness (QED) is 0.571. The molecule has 0 bridgehead atoms. The lowest BCUT2D eigenvalue weighted by atomic mass is 10.2. The number of rotatable bonds is 8. The molecule has 0 fully saturated rings. The fourth-order valence-electron chi connectivity index (χ4n) is 2.49. The van der Waals surface area contributed by atoms with Crippen LogP contribution in [0, 0.1) is 5.82 Å². The second-order valence-corrected chi connectivity index (χ2v) is 6.02. The third-order valence-corrected chi connectivity index (χ3v) is 3.88. The summed E-state index contributed by atoms with van der Waals surface area (Å²) in [6, 6.07) is 21.6. The second-order valence-electron chi connectivity index (χ2n) is 6.02. The first-order valence-electron chi connectivity index (χ1n) is 8.86. The van der Waals surface area contributed by atoms with E-state index in [9.17, 15) is 14.0 Å². The van der Waals surface area contributed by atoms with Crippen LogP contribution in [-0.2, 0) is 16.2 Å². The predicted octanol–water partition coefficient (Wildman–Crippen LogP) is 3.70. The summed E-state index contributed by atoms with van der Waals surface area (Å²) in [6.07, 6.45) is 0. The van der Waals surface area contributed by atoms with Crippen molar-refractivity contribution in [2.75, 3.05) is 11.9 Å². The number of hydrogen-bond donors (Lipinski definition) is 2. The normalized spacial score (nSPS) is 10.2. The molecular weight excluding hydrogens is 375 g/mol. The molecule has 0 aliphatic carbocycles. The molecule has 2 N–H and O–H groups in total. The van der Waals surface area contributed by atoms with Crippen molar-refractivity contribution in [3.8, 4) is 5.75 Å². The molecule has 0 unspecified atom stereocenters. The second kappa shape index (κ2) is 10.0. The first-order valence-corrected chi connectivity index (χ1v) is 8.86. The summed E-state index contributed by atoms with van der Waals surface area (Å²) in [6.45, 7) is -0.176. The van der Waals surface area contributed by atoms with Gasteiger partial charge in [-0.2, -0.15) is 0 Å². The number of hydroxylamine groups is 1. The number of carbonyl (C=O) groups excluding carboxylic acids is 2. The summed E-state index contributed by atoms with van der Waals surface area (Å²) in [4.78, 5) is 29.6. The van der Waals surface area contributed by atoms with Gasteiger partial charge in [0, 0.05) is 0 Å². The summed E-state index contributed by atoms with van der Waals surface area (Å²) in [7, 11) is 0. The van der Waals surface area contributed by atoms with Gasteiger partial charge in [-0.25, -0.2) is 9.87 Å². The number of para-hydroxylation sites is 2. The molecule has 0 saturated heterocycles. The highest BCUT2D eigenvalue weighted by molar-refractivity contribution is 5.96. The molecule has 0 saturated carbocycles. The molecule has 7 heteroatoms. The minimum absolute atomic E-state index is 0.0569. The van der Waals surface area contributed by atoms with Crippen molar-refractivity contribution in [1.82, 2.24) is 5.48 Å². The van der Waals surface area contributed by atoms with Crippen LogP contribution in [-0.4, -0.2) is 18.4 Å². The summed E-state index contributed by atoms with van der Waals surface area (Å²) >= 11 is 0. The number of benzene rings is 3. The Kier molecular flexibility index (Phi) is 6.91. The van der Waals surface area contributed by atoms with Gasteiger partial charge in [0.2, 0.25) is 0 Å². The maximum Gasteiger partial charge on any atom is 0.278 e. The lowest BCUT2D eigenvalue weighted by Crippen LogP contribution is -2.25. The zero-order valence-electron chi connectivity index (χ0n) is 15.4. The van der Waals surface area contributed by atoms with E-state index in [0.717, 1.165) is 5.56 Å². The van der Waals surface area contributed by atoms with Gasteiger partial charge >= 0.3 is 0 Å². The monoisotopic (exact) mass is 394 g/mol. The topological polar surface area (TPSA) is 76.7 Å². The van der Waals surface area contributed by atoms with E-state index in [0.29, 0.717) is 0 Å². The molecular formula is C22H19FN2O4. The van der Waals surface area contributed by atoms with Gasteiger partial charge in [-0.3, -0.25) is 14.4 Å². The van der Waals surface area contributed by atoms with Crippen LogP contribution >= 0.6 is 0 Å². The van der Waals surface area contributed by atoms with Crippen molar-refractivity contribution in [3.05, 3.63) is 95.8 Å². The molecule has 148 valence electrons. The van der Waals surface area contributed by atoms with E-state index in [-0.39, 0.29) is 30.2 Å². The molecule has 0 spiro atoms. The molecule has 3 aromatic carbocycles. The Hall–Kier alpha value is -3.71. The Morgan fingerprint density at radius 1 is 0.862 bits per heavy atom. The van der Waals surface area contributed by atoms with Crippen LogP contribution in [0.5, 0.6) is 5.75 Å². The highest BCUT2D eigenvalue weighted by Crippen LogP contribution is 2.18. The van der Waals surface area contributed by atoms with E-state index in [2.05, 4.69) is 10.8 Å². The van der Waals surface area contributed by atoms with Crippen LogP contribution in [0.1, 0.15) is 15.9 Å². The van der Waals surface area contributed by atoms with Gasteiger partial charge in [-0.05, 0) is 29.8 Å². The molecule has 0 aliphatic rings. The number of anilines is 1. The third kappa shape index (κ3) is 5.88. The van der Waals surface area contributed by atoms with Gasteiger partial charge in [0.15, 0.2) is 6.61 Å². The van der Waals surface area contributed by atoms with E-state index in [1.807, 2.05) is 30.3 Å². The Morgan fingerprint density at radius 2 is 1.55 bits per heavy atom. The van der Waals surface area contributed by atoms with Crippen LogP contribution in [0.3, 0.4) is 0 Å². The van der Waals surface area contributed by atoms with E-state index < -0.39 is 17.6 Å². The van der Waals surface area contributed by atoms with Gasteiger partial charge in [-0.15, -0.1) is 0 Å². The molecule has 3 aromatic rings. The molecule has 3 rings (SSSR count). The van der Waals surface area contributed by atoms with Crippen molar-refractivity contribution in [2.24, 2.45) is 0 Å². The average molecular weight is 394 g/mol. The van der Waals surface area contributed by atoms with Crippen molar-refractivity contribution in [1.29, 1.82) is 0 Å². The summed E-state index contributed by atoms with van der Waals surface area (Å²) in [5.74, 6) is -1.40. The summed E-state index contributed by atoms with van der Waals surface area (Å²) < 4.78 is 19.0. The summed E-state index contributed by atoms with van der Waals surface area (Å²) in [5, 5.41) is 2.42. The lowest BCUT2D eigenvalue weighted by molar-refractivity contribution is -0.118. The van der Waals surface area contributed by atoms with Crippen molar-refractivity contribution in [2.45, 2.75) is 6.61 Å². The van der Waals surface area contributed by atoms with Crippen LogP contribution < -0.4 is 15.5 Å². The van der Waals surface area contributed by atoms with Crippen LogP contribution in [0.15, 0.2) is 78.9 Å². The van der Waals surface area contributed by atoms with Gasteiger partial charge in [0.25, 0.3) is 11.8 Å². The number of amides is 2. The Balaban J connectivity index is 1.54. The maximum absolute atomic E-state index is 13.6. The number of halogens is 1. The third-order valence-electron chi connectivity index (χ3n) is 3.88. The molecule has 0 aromatic heterocycles. The van der Waals surface area contributed by atoms with Gasteiger partial charge < -0.3 is 10.1 Å². The fraction of sp³-hybridized carbons (Fsp3) is 0.0909. The Bertz CT molecular complexity index is 979. The van der Waals surface area contributed by atoms with E-state index in [4.69, 9.17) is 9.57 Å². The van der Waals surface area contributed by atoms with Crippen LogP contribution in [0.4, 0.5) is 10.1 Å². The molecule has 29 heavy (non-hydrogen) atoms. The minimum atomic E-state index is -0.550. The number of nitrogens with one attached hydrogen (secondary N) is 2. The van der Waals surface area contributed by atoms with Crippen molar-refractivity contribution in [3.63, 3.8) is 0 Å². The zero-order chi connectivity index (χ0) is 20.5. The molecule has 2 amide bonds. The lowest BCUT2D eigenvalue weighted by Gasteiger charge is -2.12.